The van der Waals surface area contributed by atoms with Crippen LogP contribution in [0.1, 0.15) is 5.56 Å². The van der Waals surface area contributed by atoms with Crippen LogP contribution in [0.3, 0.4) is 0 Å². The number of benzene rings is 4. The van der Waals surface area contributed by atoms with E-state index in [2.05, 4.69) is 118 Å². The van der Waals surface area contributed by atoms with Crippen LogP contribution in [0.4, 0.5) is 0 Å². The predicted octanol–water partition coefficient (Wildman–Crippen LogP) is 7.58. The van der Waals surface area contributed by atoms with Gasteiger partial charge in [-0.1, -0.05) is 54.6 Å². The van der Waals surface area contributed by atoms with Crippen molar-refractivity contribution < 1.29 is 0 Å². The zero-order valence-corrected chi connectivity index (χ0v) is 18.2. The number of hydrogen-bond donors (Lipinski definition) is 0. The lowest BCUT2D eigenvalue weighted by Gasteiger charge is -2.14. The van der Waals surface area contributed by atoms with E-state index in [0.29, 0.717) is 0 Å². The van der Waals surface area contributed by atoms with Crippen LogP contribution >= 0.6 is 0 Å². The van der Waals surface area contributed by atoms with Crippen molar-refractivity contribution in [2.75, 3.05) is 0 Å². The molecule has 0 spiro atoms. The third-order valence-electron chi connectivity index (χ3n) is 6.62. The number of fused-ring (bicyclic) bond motifs is 6. The summed E-state index contributed by atoms with van der Waals surface area (Å²) in [5.41, 5.74) is 8.29. The molecule has 3 nitrogen and oxygen atoms in total. The van der Waals surface area contributed by atoms with Gasteiger partial charge in [0.15, 0.2) is 0 Å². The first kappa shape index (κ1) is 18.2. The summed E-state index contributed by atoms with van der Waals surface area (Å²) in [6.45, 7) is 2.17. The molecule has 156 valence electrons. The minimum atomic E-state index is 1.12. The Kier molecular flexibility index (Phi) is 3.76. The van der Waals surface area contributed by atoms with Crippen LogP contribution < -0.4 is 0 Å². The van der Waals surface area contributed by atoms with Gasteiger partial charge in [-0.3, -0.25) is 4.98 Å². The van der Waals surface area contributed by atoms with E-state index in [1.54, 1.807) is 0 Å². The van der Waals surface area contributed by atoms with Crippen LogP contribution in [0.2, 0.25) is 0 Å². The quantitative estimate of drug-likeness (QED) is 0.281. The minimum Gasteiger partial charge on any atom is -0.309 e. The molecule has 3 aromatic heterocycles. The van der Waals surface area contributed by atoms with Crippen LogP contribution in [-0.4, -0.2) is 14.1 Å². The van der Waals surface area contributed by atoms with Crippen molar-refractivity contribution in [1.82, 2.24) is 14.1 Å². The van der Waals surface area contributed by atoms with Crippen LogP contribution in [0, 0.1) is 6.92 Å². The maximum atomic E-state index is 4.44. The Bertz CT molecular complexity index is 1600. The fraction of sp³-hybridized carbons (Fsp3) is 0.0333. The second-order valence-corrected chi connectivity index (χ2v) is 8.64. The Morgan fingerprint density at radius 2 is 0.970 bits per heavy atom. The average molecular weight is 424 g/mol. The number of rotatable bonds is 2. The van der Waals surface area contributed by atoms with E-state index in [4.69, 9.17) is 0 Å². The van der Waals surface area contributed by atoms with Gasteiger partial charge in [0.05, 0.1) is 28.3 Å². The third kappa shape index (κ3) is 2.60. The van der Waals surface area contributed by atoms with Crippen LogP contribution in [-0.2, 0) is 0 Å². The Hall–Kier alpha value is -4.37. The summed E-state index contributed by atoms with van der Waals surface area (Å²) in [5, 5.41) is 5.02. The normalized spacial score (nSPS) is 11.8. The standard InChI is InChI=1S/C30H21N3/c1-20-16-21(32-27-11-5-2-8-23(27)24-9-3-6-12-28(24)32)18-22(17-20)33-29-13-7-4-10-25(29)26-14-15-31-19-30(26)33/h2-19H,1H3. The van der Waals surface area contributed by atoms with E-state index in [1.807, 2.05) is 12.4 Å². The molecule has 0 radical (unpaired) electrons. The van der Waals surface area contributed by atoms with E-state index in [-0.39, 0.29) is 0 Å². The van der Waals surface area contributed by atoms with E-state index < -0.39 is 0 Å². The van der Waals surface area contributed by atoms with Crippen LogP contribution in [0.5, 0.6) is 0 Å². The molecule has 7 rings (SSSR count). The van der Waals surface area contributed by atoms with Gasteiger partial charge in [0, 0.05) is 39.1 Å². The topological polar surface area (TPSA) is 22.8 Å². The third-order valence-corrected chi connectivity index (χ3v) is 6.62. The molecule has 0 saturated carbocycles. The zero-order chi connectivity index (χ0) is 21.9. The number of aryl methyl sites for hydroxylation is 1. The summed E-state index contributed by atoms with van der Waals surface area (Å²) in [6, 6.07) is 34.8. The van der Waals surface area contributed by atoms with Crippen molar-refractivity contribution in [3.8, 4) is 11.4 Å². The van der Waals surface area contributed by atoms with E-state index in [9.17, 15) is 0 Å². The molecule has 3 heteroatoms. The van der Waals surface area contributed by atoms with Crippen molar-refractivity contribution in [3.05, 3.63) is 115 Å². The molecule has 0 N–H and O–H groups in total. The lowest BCUT2D eigenvalue weighted by atomic mass is 10.1. The van der Waals surface area contributed by atoms with Gasteiger partial charge in [0.1, 0.15) is 0 Å². The number of hydrogen-bond acceptors (Lipinski definition) is 1. The van der Waals surface area contributed by atoms with Gasteiger partial charge in [0.2, 0.25) is 0 Å². The van der Waals surface area contributed by atoms with Crippen molar-refractivity contribution in [2.45, 2.75) is 6.92 Å². The summed E-state index contributed by atoms with van der Waals surface area (Å²) in [6.07, 6.45) is 3.84. The van der Waals surface area contributed by atoms with Crippen molar-refractivity contribution >= 4 is 43.6 Å². The molecule has 3 heterocycles. The highest BCUT2D eigenvalue weighted by Crippen LogP contribution is 2.35. The van der Waals surface area contributed by atoms with E-state index in [0.717, 1.165) is 16.9 Å². The molecule has 4 aromatic carbocycles. The second-order valence-electron chi connectivity index (χ2n) is 8.64. The van der Waals surface area contributed by atoms with Crippen molar-refractivity contribution in [2.24, 2.45) is 0 Å². The predicted molar refractivity (Wildman–Crippen MR) is 138 cm³/mol. The Morgan fingerprint density at radius 1 is 0.515 bits per heavy atom. The Morgan fingerprint density at radius 3 is 1.52 bits per heavy atom. The molecule has 0 aliphatic rings. The van der Waals surface area contributed by atoms with Crippen molar-refractivity contribution in [1.29, 1.82) is 0 Å². The van der Waals surface area contributed by atoms with Gasteiger partial charge in [-0.25, -0.2) is 0 Å². The number of nitrogens with zero attached hydrogens (tertiary/aromatic N) is 3. The molecule has 7 aromatic rings. The van der Waals surface area contributed by atoms with Gasteiger partial charge in [-0.15, -0.1) is 0 Å². The van der Waals surface area contributed by atoms with Gasteiger partial charge < -0.3 is 9.13 Å². The first-order valence-electron chi connectivity index (χ1n) is 11.2. The summed E-state index contributed by atoms with van der Waals surface area (Å²) in [5.74, 6) is 0. The fourth-order valence-corrected chi connectivity index (χ4v) is 5.30. The van der Waals surface area contributed by atoms with Gasteiger partial charge in [0.25, 0.3) is 0 Å². The maximum Gasteiger partial charge on any atom is 0.0724 e. The first-order valence-corrected chi connectivity index (χ1v) is 11.2. The molecule has 0 fully saturated rings. The Labute approximate surface area is 191 Å². The largest absolute Gasteiger partial charge is 0.309 e. The molecule has 0 unspecified atom stereocenters. The molecule has 0 aliphatic heterocycles. The highest BCUT2D eigenvalue weighted by molar-refractivity contribution is 6.10. The van der Waals surface area contributed by atoms with Gasteiger partial charge in [-0.2, -0.15) is 0 Å². The van der Waals surface area contributed by atoms with Crippen LogP contribution in [0.15, 0.2) is 109 Å². The molecular weight excluding hydrogens is 402 g/mol. The minimum absolute atomic E-state index is 1.12. The summed E-state index contributed by atoms with van der Waals surface area (Å²) >= 11 is 0. The van der Waals surface area contributed by atoms with E-state index in [1.165, 1.54) is 43.7 Å². The molecule has 33 heavy (non-hydrogen) atoms. The SMILES string of the molecule is Cc1cc(-n2c3ccccc3c3ccccc32)cc(-n2c3ccccc3c3ccncc32)c1. The number of aromatic nitrogens is 3. The fourth-order valence-electron chi connectivity index (χ4n) is 5.30. The zero-order valence-electron chi connectivity index (χ0n) is 18.2. The smallest absolute Gasteiger partial charge is 0.0724 e. The molecule has 0 amide bonds. The van der Waals surface area contributed by atoms with Crippen molar-refractivity contribution in [3.63, 3.8) is 0 Å². The summed E-state index contributed by atoms with van der Waals surface area (Å²) in [4.78, 5) is 4.44. The maximum absolute atomic E-state index is 4.44. The number of para-hydroxylation sites is 3. The van der Waals surface area contributed by atoms with Crippen LogP contribution in [0.25, 0.3) is 55.0 Å². The first-order chi connectivity index (χ1) is 16.3. The van der Waals surface area contributed by atoms with Gasteiger partial charge in [-0.05, 0) is 55.0 Å². The van der Waals surface area contributed by atoms with E-state index >= 15 is 0 Å². The molecule has 0 bridgehead atoms. The summed E-state index contributed by atoms with van der Waals surface area (Å²) < 4.78 is 4.72. The highest BCUT2D eigenvalue weighted by atomic mass is 15.0. The lowest BCUT2D eigenvalue weighted by Crippen LogP contribution is -2.00. The van der Waals surface area contributed by atoms with Gasteiger partial charge >= 0.3 is 0 Å². The molecule has 0 saturated heterocycles. The average Bonchev–Trinajstić information content (AvgIpc) is 3.37. The monoisotopic (exact) mass is 423 g/mol. The lowest BCUT2D eigenvalue weighted by molar-refractivity contribution is 1.12. The second kappa shape index (κ2) is 6.81. The molecular formula is C30H21N3. The molecule has 0 aliphatic carbocycles. The summed E-state index contributed by atoms with van der Waals surface area (Å²) in [7, 11) is 0. The molecule has 0 atom stereocenters. The Balaban J connectivity index is 1.58. The highest BCUT2D eigenvalue weighted by Gasteiger charge is 2.15. The number of pyridine rings is 1.